The molecule has 0 unspecified atom stereocenters. The van der Waals surface area contributed by atoms with E-state index in [4.69, 9.17) is 4.74 Å². The smallest absolute Gasteiger partial charge is 0.407 e. The van der Waals surface area contributed by atoms with Crippen LogP contribution in [0.3, 0.4) is 0 Å². The molecule has 2 fully saturated rings. The second-order valence-corrected chi connectivity index (χ2v) is 8.01. The highest BCUT2D eigenvalue weighted by Crippen LogP contribution is 2.37. The van der Waals surface area contributed by atoms with Crippen LogP contribution in [0.5, 0.6) is 0 Å². The van der Waals surface area contributed by atoms with Crippen molar-refractivity contribution in [3.05, 3.63) is 33.9 Å². The largest absolute Gasteiger partial charge is 0.477 e. The van der Waals surface area contributed by atoms with Gasteiger partial charge in [-0.25, -0.2) is 19.0 Å². The summed E-state index contributed by atoms with van der Waals surface area (Å²) in [7, 11) is 0. The van der Waals surface area contributed by atoms with Crippen LogP contribution < -0.4 is 15.6 Å². The van der Waals surface area contributed by atoms with Crippen molar-refractivity contribution in [2.75, 3.05) is 18.0 Å². The summed E-state index contributed by atoms with van der Waals surface area (Å²) in [5, 5.41) is 12.0. The van der Waals surface area contributed by atoms with Crippen LogP contribution >= 0.6 is 0 Å². The van der Waals surface area contributed by atoms with Crippen molar-refractivity contribution >= 4 is 28.9 Å². The summed E-state index contributed by atoms with van der Waals surface area (Å²) in [6.07, 6.45) is 2.83. The Labute approximate surface area is 171 Å². The zero-order valence-electron chi connectivity index (χ0n) is 16.7. The fraction of sp³-hybridized carbons (Fsp3) is 0.500. The zero-order chi connectivity index (χ0) is 21.6. The number of hydrogen-bond donors (Lipinski definition) is 2. The van der Waals surface area contributed by atoms with Crippen molar-refractivity contribution < 1.29 is 23.8 Å². The van der Waals surface area contributed by atoms with Crippen LogP contribution in [0.2, 0.25) is 0 Å². The standard InChI is InChI=1S/C20H23FN4O5/c1-10(2)30-20(29)22-11-5-6-24(8-11)18-15(21)7-13-16(26)14(19(27)28)9-25(12-3-4-12)17(13)23-18/h7,9-12H,3-6,8H2,1-2H3,(H,22,29)(H,27,28)/t11-/m0/s1. The maximum absolute atomic E-state index is 14.9. The van der Waals surface area contributed by atoms with Gasteiger partial charge in [0.15, 0.2) is 11.6 Å². The Morgan fingerprint density at radius 3 is 2.70 bits per heavy atom. The second-order valence-electron chi connectivity index (χ2n) is 8.01. The minimum atomic E-state index is -1.34. The number of nitrogens with one attached hydrogen (secondary N) is 1. The summed E-state index contributed by atoms with van der Waals surface area (Å²) in [5.41, 5.74) is -0.860. The van der Waals surface area contributed by atoms with Crippen LogP contribution in [0.1, 0.15) is 49.5 Å². The number of carbonyl (C=O) groups excluding carboxylic acids is 1. The SMILES string of the molecule is CC(C)OC(=O)N[C@H]1CCN(c2nc3c(cc2F)c(=O)c(C(=O)O)cn3C2CC2)C1. The minimum Gasteiger partial charge on any atom is -0.477 e. The van der Waals surface area contributed by atoms with Gasteiger partial charge in [0, 0.05) is 25.3 Å². The van der Waals surface area contributed by atoms with Crippen molar-refractivity contribution in [2.24, 2.45) is 0 Å². The molecule has 1 saturated carbocycles. The van der Waals surface area contributed by atoms with E-state index in [9.17, 15) is 23.9 Å². The first-order chi connectivity index (χ1) is 14.2. The third-order valence-electron chi connectivity index (χ3n) is 5.26. The highest BCUT2D eigenvalue weighted by atomic mass is 19.1. The number of pyridine rings is 2. The highest BCUT2D eigenvalue weighted by molar-refractivity contribution is 5.92. The number of rotatable bonds is 5. The number of carboxylic acids is 1. The Kier molecular flexibility index (Phi) is 5.08. The third kappa shape index (κ3) is 3.81. The quantitative estimate of drug-likeness (QED) is 0.766. The topological polar surface area (TPSA) is 114 Å². The fourth-order valence-corrected chi connectivity index (χ4v) is 3.73. The Hall–Kier alpha value is -3.17. The van der Waals surface area contributed by atoms with E-state index in [0.29, 0.717) is 19.5 Å². The molecular formula is C20H23FN4O5. The average Bonchev–Trinajstić information content (AvgIpc) is 3.40. The first-order valence-corrected chi connectivity index (χ1v) is 9.95. The van der Waals surface area contributed by atoms with Crippen molar-refractivity contribution in [1.29, 1.82) is 0 Å². The van der Waals surface area contributed by atoms with Crippen LogP contribution in [0, 0.1) is 5.82 Å². The molecule has 4 rings (SSSR count). The predicted octanol–water partition coefficient (Wildman–Crippen LogP) is 2.28. The molecule has 0 radical (unpaired) electrons. The molecule has 1 amide bonds. The van der Waals surface area contributed by atoms with E-state index in [1.165, 1.54) is 6.20 Å². The average molecular weight is 418 g/mol. The van der Waals surface area contributed by atoms with Crippen molar-refractivity contribution in [1.82, 2.24) is 14.9 Å². The number of hydrogen-bond acceptors (Lipinski definition) is 6. The molecule has 160 valence electrons. The Morgan fingerprint density at radius 1 is 1.33 bits per heavy atom. The number of carbonyl (C=O) groups is 2. The van der Waals surface area contributed by atoms with Gasteiger partial charge in [-0.15, -0.1) is 0 Å². The van der Waals surface area contributed by atoms with Gasteiger partial charge in [-0.05, 0) is 39.2 Å². The Balaban J connectivity index is 1.66. The van der Waals surface area contributed by atoms with Gasteiger partial charge in [-0.2, -0.15) is 0 Å². The van der Waals surface area contributed by atoms with Crippen LogP contribution in [-0.2, 0) is 4.74 Å². The molecular weight excluding hydrogens is 395 g/mol. The number of amides is 1. The molecule has 30 heavy (non-hydrogen) atoms. The molecule has 0 aromatic carbocycles. The number of fused-ring (bicyclic) bond motifs is 1. The summed E-state index contributed by atoms with van der Waals surface area (Å²) < 4.78 is 21.6. The van der Waals surface area contributed by atoms with Gasteiger partial charge in [-0.1, -0.05) is 0 Å². The summed E-state index contributed by atoms with van der Waals surface area (Å²) in [6.45, 7) is 4.33. The monoisotopic (exact) mass is 418 g/mol. The van der Waals surface area contributed by atoms with Gasteiger partial charge >= 0.3 is 12.1 Å². The van der Waals surface area contributed by atoms with E-state index in [1.807, 2.05) is 0 Å². The molecule has 2 aromatic rings. The lowest BCUT2D eigenvalue weighted by atomic mass is 10.2. The van der Waals surface area contributed by atoms with E-state index in [0.717, 1.165) is 18.9 Å². The van der Waals surface area contributed by atoms with E-state index < -0.39 is 28.9 Å². The van der Waals surface area contributed by atoms with Gasteiger partial charge in [0.2, 0.25) is 5.43 Å². The van der Waals surface area contributed by atoms with Gasteiger partial charge in [0.1, 0.15) is 11.2 Å². The molecule has 2 aliphatic rings. The Morgan fingerprint density at radius 2 is 2.07 bits per heavy atom. The van der Waals surface area contributed by atoms with Crippen LogP contribution in [0.25, 0.3) is 11.0 Å². The molecule has 2 aromatic heterocycles. The number of nitrogens with zero attached hydrogens (tertiary/aromatic N) is 3. The summed E-state index contributed by atoms with van der Waals surface area (Å²) >= 11 is 0. The molecule has 0 spiro atoms. The lowest BCUT2D eigenvalue weighted by Crippen LogP contribution is -2.38. The van der Waals surface area contributed by atoms with Crippen LogP contribution in [0.4, 0.5) is 15.0 Å². The van der Waals surface area contributed by atoms with E-state index >= 15 is 0 Å². The lowest BCUT2D eigenvalue weighted by molar-refractivity contribution is 0.0694. The van der Waals surface area contributed by atoms with E-state index in [-0.39, 0.29) is 35.0 Å². The number of halogens is 1. The Bertz CT molecular complexity index is 1080. The van der Waals surface area contributed by atoms with Gasteiger partial charge in [0.25, 0.3) is 0 Å². The normalized spacial score (nSPS) is 18.8. The second kappa shape index (κ2) is 7.58. The number of anilines is 1. The van der Waals surface area contributed by atoms with E-state index in [2.05, 4.69) is 10.3 Å². The molecule has 1 aliphatic heterocycles. The number of alkyl carbamates (subject to hydrolysis) is 1. The lowest BCUT2D eigenvalue weighted by Gasteiger charge is -2.20. The molecule has 2 N–H and O–H groups in total. The highest BCUT2D eigenvalue weighted by Gasteiger charge is 2.31. The number of carboxylic acid groups (broad SMARTS) is 1. The van der Waals surface area contributed by atoms with Crippen molar-refractivity contribution in [3.63, 3.8) is 0 Å². The van der Waals surface area contributed by atoms with E-state index in [1.54, 1.807) is 23.3 Å². The summed E-state index contributed by atoms with van der Waals surface area (Å²) in [5.74, 6) is -1.96. The number of ether oxygens (including phenoxy) is 1. The number of aromatic nitrogens is 2. The number of aromatic carboxylic acids is 1. The third-order valence-corrected chi connectivity index (χ3v) is 5.26. The first kappa shape index (κ1) is 20.1. The zero-order valence-corrected chi connectivity index (χ0v) is 16.7. The molecule has 3 heterocycles. The van der Waals surface area contributed by atoms with Gasteiger partial charge < -0.3 is 24.6 Å². The molecule has 1 saturated heterocycles. The van der Waals surface area contributed by atoms with Gasteiger partial charge in [-0.3, -0.25) is 4.79 Å². The molecule has 10 heteroatoms. The van der Waals surface area contributed by atoms with Crippen LogP contribution in [-0.4, -0.2) is 52.0 Å². The molecule has 1 aliphatic carbocycles. The maximum atomic E-state index is 14.9. The molecule has 0 bridgehead atoms. The molecule has 9 nitrogen and oxygen atoms in total. The minimum absolute atomic E-state index is 0.0440. The fourth-order valence-electron chi connectivity index (χ4n) is 3.73. The van der Waals surface area contributed by atoms with Crippen LogP contribution in [0.15, 0.2) is 17.1 Å². The summed E-state index contributed by atoms with van der Waals surface area (Å²) in [4.78, 5) is 41.9. The maximum Gasteiger partial charge on any atom is 0.407 e. The van der Waals surface area contributed by atoms with Crippen molar-refractivity contribution in [3.8, 4) is 0 Å². The predicted molar refractivity (Wildman–Crippen MR) is 107 cm³/mol. The van der Waals surface area contributed by atoms with Gasteiger partial charge in [0.05, 0.1) is 17.5 Å². The summed E-state index contributed by atoms with van der Waals surface area (Å²) in [6, 6.07) is 0.906. The first-order valence-electron chi connectivity index (χ1n) is 9.95. The van der Waals surface area contributed by atoms with Crippen molar-refractivity contribution in [2.45, 2.75) is 51.3 Å². The molecule has 1 atom stereocenters.